The van der Waals surface area contributed by atoms with E-state index in [4.69, 9.17) is 0 Å². The number of anilines is 2. The van der Waals surface area contributed by atoms with Crippen molar-refractivity contribution in [2.45, 2.75) is 24.0 Å². The fraction of sp³-hybridized carbons (Fsp3) is 0.0789. The van der Waals surface area contributed by atoms with Crippen LogP contribution in [0.5, 0.6) is 0 Å². The predicted octanol–water partition coefficient (Wildman–Crippen LogP) is 8.95. The molecule has 8 heteroatoms. The van der Waals surface area contributed by atoms with E-state index in [1.807, 2.05) is 105 Å². The monoisotopic (exact) mass is 689 g/mol. The molecule has 46 heavy (non-hydrogen) atoms. The molecule has 0 radical (unpaired) electrons. The van der Waals surface area contributed by atoms with E-state index in [0.717, 1.165) is 37.3 Å². The van der Waals surface area contributed by atoms with Crippen molar-refractivity contribution in [3.8, 4) is 0 Å². The normalized spacial score (nSPS) is 11.8. The standard InChI is InChI=1S/C38H32BrN3O3S/c1-25-10-9-15-33(26(25)2)41-38(45)35(28-11-5-3-6-12-28)46-32-22-20-31(21-23-32)40-37(44)34(24-27-16-18-30(39)19-17-27)42-36(43)29-13-7-4-8-14-29/h3-24,35H,1-2H3,(H,40,44)(H,41,45)(H,42,43)/b34-24-. The number of rotatable bonds is 10. The maximum absolute atomic E-state index is 13.6. The first kappa shape index (κ1) is 32.5. The first-order valence-corrected chi connectivity index (χ1v) is 16.3. The molecule has 0 saturated carbocycles. The van der Waals surface area contributed by atoms with Crippen LogP contribution in [0.3, 0.4) is 0 Å². The van der Waals surface area contributed by atoms with Crippen molar-refractivity contribution in [2.75, 3.05) is 10.6 Å². The van der Waals surface area contributed by atoms with E-state index in [1.165, 1.54) is 11.8 Å². The molecule has 0 fully saturated rings. The van der Waals surface area contributed by atoms with E-state index in [2.05, 4.69) is 31.9 Å². The number of thioether (sulfide) groups is 1. The van der Waals surface area contributed by atoms with Crippen LogP contribution in [-0.4, -0.2) is 17.7 Å². The van der Waals surface area contributed by atoms with Gasteiger partial charge in [0.1, 0.15) is 10.9 Å². The fourth-order valence-corrected chi connectivity index (χ4v) is 5.89. The summed E-state index contributed by atoms with van der Waals surface area (Å²) in [6.07, 6.45) is 1.63. The summed E-state index contributed by atoms with van der Waals surface area (Å²) in [7, 11) is 0. The third-order valence-electron chi connectivity index (χ3n) is 7.28. The number of carbonyl (C=O) groups excluding carboxylic acids is 3. The molecule has 5 rings (SSSR count). The number of nitrogens with one attached hydrogen (secondary N) is 3. The minimum atomic E-state index is -0.504. The highest BCUT2D eigenvalue weighted by molar-refractivity contribution is 9.10. The van der Waals surface area contributed by atoms with Gasteiger partial charge in [-0.25, -0.2) is 0 Å². The van der Waals surface area contributed by atoms with Gasteiger partial charge in [-0.2, -0.15) is 0 Å². The Morgan fingerprint density at radius 1 is 0.717 bits per heavy atom. The van der Waals surface area contributed by atoms with Gasteiger partial charge in [0.25, 0.3) is 11.8 Å². The lowest BCUT2D eigenvalue weighted by Crippen LogP contribution is -2.30. The van der Waals surface area contributed by atoms with E-state index >= 15 is 0 Å². The van der Waals surface area contributed by atoms with E-state index in [1.54, 1.807) is 42.5 Å². The topological polar surface area (TPSA) is 87.3 Å². The van der Waals surface area contributed by atoms with E-state index in [9.17, 15) is 14.4 Å². The maximum atomic E-state index is 13.6. The van der Waals surface area contributed by atoms with Crippen LogP contribution in [0.1, 0.15) is 37.9 Å². The van der Waals surface area contributed by atoms with Crippen LogP contribution < -0.4 is 16.0 Å². The quantitative estimate of drug-likeness (QED) is 0.101. The van der Waals surface area contributed by atoms with Crippen molar-refractivity contribution in [1.29, 1.82) is 0 Å². The number of halogens is 1. The number of aryl methyl sites for hydroxylation is 1. The third-order valence-corrected chi connectivity index (χ3v) is 9.07. The molecule has 5 aromatic carbocycles. The van der Waals surface area contributed by atoms with E-state index in [-0.39, 0.29) is 11.6 Å². The van der Waals surface area contributed by atoms with Gasteiger partial charge in [-0.1, -0.05) is 88.7 Å². The molecule has 3 N–H and O–H groups in total. The van der Waals surface area contributed by atoms with E-state index in [0.29, 0.717) is 11.3 Å². The zero-order valence-corrected chi connectivity index (χ0v) is 27.7. The van der Waals surface area contributed by atoms with Gasteiger partial charge in [0.05, 0.1) is 0 Å². The molecule has 0 aliphatic heterocycles. The molecule has 6 nitrogen and oxygen atoms in total. The third kappa shape index (κ3) is 8.62. The van der Waals surface area contributed by atoms with Crippen molar-refractivity contribution in [2.24, 2.45) is 0 Å². The molecule has 0 saturated heterocycles. The zero-order valence-electron chi connectivity index (χ0n) is 25.3. The largest absolute Gasteiger partial charge is 0.325 e. The molecule has 0 aliphatic carbocycles. The molecule has 230 valence electrons. The number of hydrogen-bond donors (Lipinski definition) is 3. The van der Waals surface area contributed by atoms with Gasteiger partial charge in [-0.05, 0) is 96.8 Å². The predicted molar refractivity (Wildman–Crippen MR) is 191 cm³/mol. The van der Waals surface area contributed by atoms with Crippen molar-refractivity contribution >= 4 is 62.9 Å². The smallest absolute Gasteiger partial charge is 0.272 e. The van der Waals surface area contributed by atoms with Gasteiger partial charge < -0.3 is 16.0 Å². The summed E-state index contributed by atoms with van der Waals surface area (Å²) in [5, 5.41) is 8.26. The zero-order chi connectivity index (χ0) is 32.5. The van der Waals surface area contributed by atoms with Crippen LogP contribution in [0.15, 0.2) is 142 Å². The molecular formula is C38H32BrN3O3S. The molecule has 5 aromatic rings. The summed E-state index contributed by atoms with van der Waals surface area (Å²) < 4.78 is 0.902. The van der Waals surface area contributed by atoms with Crippen LogP contribution in [0, 0.1) is 13.8 Å². The minimum absolute atomic E-state index is 0.0990. The molecule has 0 aliphatic rings. The number of amides is 3. The van der Waals surface area contributed by atoms with Crippen molar-refractivity contribution < 1.29 is 14.4 Å². The molecule has 0 spiro atoms. The Balaban J connectivity index is 1.33. The summed E-state index contributed by atoms with van der Waals surface area (Å²) in [5.74, 6) is -0.987. The van der Waals surface area contributed by atoms with Crippen molar-refractivity contribution in [1.82, 2.24) is 5.32 Å². The SMILES string of the molecule is Cc1cccc(NC(=O)C(Sc2ccc(NC(=O)/C(=C/c3ccc(Br)cc3)NC(=O)c3ccccc3)cc2)c2ccccc2)c1C. The Labute approximate surface area is 281 Å². The number of carbonyl (C=O) groups is 3. The lowest BCUT2D eigenvalue weighted by Gasteiger charge is -2.19. The highest BCUT2D eigenvalue weighted by Gasteiger charge is 2.23. The van der Waals surface area contributed by atoms with Gasteiger partial charge in [0, 0.05) is 26.3 Å². The average Bonchev–Trinajstić information content (AvgIpc) is 3.07. The Hall–Kier alpha value is -4.92. The maximum Gasteiger partial charge on any atom is 0.272 e. The van der Waals surface area contributed by atoms with Crippen LogP contribution in [0.2, 0.25) is 0 Å². The van der Waals surface area contributed by atoms with E-state index < -0.39 is 17.1 Å². The van der Waals surface area contributed by atoms with Gasteiger partial charge in [-0.3, -0.25) is 14.4 Å². The Morgan fingerprint density at radius 2 is 1.37 bits per heavy atom. The molecule has 1 unspecified atom stereocenters. The summed E-state index contributed by atoms with van der Waals surface area (Å²) in [4.78, 5) is 40.9. The van der Waals surface area contributed by atoms with Crippen LogP contribution >= 0.6 is 27.7 Å². The van der Waals surface area contributed by atoms with Gasteiger partial charge >= 0.3 is 0 Å². The fourth-order valence-electron chi connectivity index (χ4n) is 4.60. The molecule has 0 bridgehead atoms. The summed E-state index contributed by atoms with van der Waals surface area (Å²) in [6, 6.07) is 38.9. The molecule has 0 aromatic heterocycles. The first-order valence-electron chi connectivity index (χ1n) is 14.6. The Morgan fingerprint density at radius 3 is 2.04 bits per heavy atom. The molecule has 3 amide bonds. The lowest BCUT2D eigenvalue weighted by atomic mass is 10.1. The highest BCUT2D eigenvalue weighted by atomic mass is 79.9. The second kappa shape index (κ2) is 15.4. The van der Waals surface area contributed by atoms with Gasteiger partial charge in [0.2, 0.25) is 5.91 Å². The second-order valence-electron chi connectivity index (χ2n) is 10.6. The Kier molecular flexibility index (Phi) is 10.9. The summed E-state index contributed by atoms with van der Waals surface area (Å²) >= 11 is 4.85. The lowest BCUT2D eigenvalue weighted by molar-refractivity contribution is -0.116. The molecular weight excluding hydrogens is 658 g/mol. The molecule has 1 atom stereocenters. The number of hydrogen-bond acceptors (Lipinski definition) is 4. The van der Waals surface area contributed by atoms with Crippen LogP contribution in [0.4, 0.5) is 11.4 Å². The highest BCUT2D eigenvalue weighted by Crippen LogP contribution is 2.37. The minimum Gasteiger partial charge on any atom is -0.325 e. The van der Waals surface area contributed by atoms with Crippen LogP contribution in [-0.2, 0) is 9.59 Å². The first-order chi connectivity index (χ1) is 22.3. The van der Waals surface area contributed by atoms with Gasteiger partial charge in [0.15, 0.2) is 0 Å². The second-order valence-corrected chi connectivity index (χ2v) is 12.6. The number of benzene rings is 5. The van der Waals surface area contributed by atoms with Crippen molar-refractivity contribution in [3.63, 3.8) is 0 Å². The molecule has 0 heterocycles. The Bertz CT molecular complexity index is 1860. The van der Waals surface area contributed by atoms with Crippen LogP contribution in [0.25, 0.3) is 6.08 Å². The van der Waals surface area contributed by atoms with Gasteiger partial charge in [-0.15, -0.1) is 11.8 Å². The summed E-state index contributed by atoms with van der Waals surface area (Å²) in [5.41, 5.74) is 5.63. The average molecular weight is 691 g/mol. The van der Waals surface area contributed by atoms with Crippen molar-refractivity contribution in [3.05, 3.63) is 165 Å². The summed E-state index contributed by atoms with van der Waals surface area (Å²) in [6.45, 7) is 4.01.